The Kier molecular flexibility index (Phi) is 5.83. The van der Waals surface area contributed by atoms with Crippen molar-refractivity contribution in [1.29, 1.82) is 0 Å². The molecule has 0 radical (unpaired) electrons. The number of hydrogen-bond donors (Lipinski definition) is 1. The molecule has 0 saturated carbocycles. The van der Waals surface area contributed by atoms with Crippen LogP contribution in [0.5, 0.6) is 5.75 Å². The molecule has 4 rings (SSSR count). The maximum atomic E-state index is 12.4. The minimum absolute atomic E-state index is 0.287. The third-order valence-electron chi connectivity index (χ3n) is 4.34. The predicted molar refractivity (Wildman–Crippen MR) is 113 cm³/mol. The zero-order valence-electron chi connectivity index (χ0n) is 16.2. The van der Waals surface area contributed by atoms with E-state index in [1.807, 2.05) is 12.1 Å². The summed E-state index contributed by atoms with van der Waals surface area (Å²) in [7, 11) is 0. The number of rotatable bonds is 5. The van der Waals surface area contributed by atoms with Gasteiger partial charge in [0, 0.05) is 28.7 Å². The molecule has 6 nitrogen and oxygen atoms in total. The van der Waals surface area contributed by atoms with Crippen LogP contribution in [0.4, 0.5) is 18.9 Å². The lowest BCUT2D eigenvalue weighted by Crippen LogP contribution is -2.17. The number of aromatic nitrogens is 3. The van der Waals surface area contributed by atoms with E-state index in [9.17, 15) is 18.0 Å². The number of anilines is 1. The first-order chi connectivity index (χ1) is 15.3. The standard InChI is InChI=1S/C22H14ClF3N4O2/c23-16-2-6-18(7-3-16)30-13-15(12-28-30)20-10-1-14(11-27-20)21(31)29-17-4-8-19(9-5-17)32-22(24,25)26/h1-13H,(H,29,31). The normalized spacial score (nSPS) is 11.2. The lowest BCUT2D eigenvalue weighted by Gasteiger charge is -2.10. The van der Waals surface area contributed by atoms with E-state index in [1.54, 1.807) is 41.3 Å². The van der Waals surface area contributed by atoms with E-state index in [-0.39, 0.29) is 11.3 Å². The second-order valence-corrected chi connectivity index (χ2v) is 7.04. The number of alkyl halides is 3. The summed E-state index contributed by atoms with van der Waals surface area (Å²) in [6.07, 6.45) is 0.0894. The van der Waals surface area contributed by atoms with Crippen LogP contribution in [0.3, 0.4) is 0 Å². The highest BCUT2D eigenvalue weighted by atomic mass is 35.5. The molecule has 0 atom stereocenters. The van der Waals surface area contributed by atoms with Crippen LogP contribution < -0.4 is 10.1 Å². The summed E-state index contributed by atoms with van der Waals surface area (Å²) in [6, 6.07) is 15.3. The summed E-state index contributed by atoms with van der Waals surface area (Å²) in [5.41, 5.74) is 2.82. The summed E-state index contributed by atoms with van der Waals surface area (Å²) >= 11 is 5.90. The Labute approximate surface area is 185 Å². The zero-order chi connectivity index (χ0) is 22.7. The molecular weight excluding hydrogens is 445 g/mol. The van der Waals surface area contributed by atoms with Crippen molar-refractivity contribution in [2.24, 2.45) is 0 Å². The van der Waals surface area contributed by atoms with E-state index >= 15 is 0 Å². The Morgan fingerprint density at radius 2 is 1.69 bits per heavy atom. The smallest absolute Gasteiger partial charge is 0.406 e. The topological polar surface area (TPSA) is 69.0 Å². The summed E-state index contributed by atoms with van der Waals surface area (Å²) in [4.78, 5) is 16.7. The van der Waals surface area contributed by atoms with Crippen LogP contribution in [0.15, 0.2) is 79.3 Å². The monoisotopic (exact) mass is 458 g/mol. The molecule has 1 amide bonds. The molecule has 2 heterocycles. The molecule has 4 aromatic rings. The fourth-order valence-corrected chi connectivity index (χ4v) is 2.96. The Hall–Kier alpha value is -3.85. The quantitative estimate of drug-likeness (QED) is 0.414. The number of nitrogens with one attached hydrogen (secondary N) is 1. The summed E-state index contributed by atoms with van der Waals surface area (Å²) in [5.74, 6) is -0.828. The van der Waals surface area contributed by atoms with Crippen molar-refractivity contribution in [1.82, 2.24) is 14.8 Å². The molecule has 0 saturated heterocycles. The predicted octanol–water partition coefficient (Wildman–Crippen LogP) is 5.74. The molecule has 2 aromatic carbocycles. The van der Waals surface area contributed by atoms with Crippen LogP contribution in [0.2, 0.25) is 5.02 Å². The minimum Gasteiger partial charge on any atom is -0.406 e. The van der Waals surface area contributed by atoms with Crippen molar-refractivity contribution >= 4 is 23.2 Å². The first-order valence-electron chi connectivity index (χ1n) is 9.21. The fourth-order valence-electron chi connectivity index (χ4n) is 2.83. The largest absolute Gasteiger partial charge is 0.573 e. The van der Waals surface area contributed by atoms with Crippen molar-refractivity contribution in [2.75, 3.05) is 5.32 Å². The van der Waals surface area contributed by atoms with Gasteiger partial charge in [-0.05, 0) is 60.7 Å². The zero-order valence-corrected chi connectivity index (χ0v) is 16.9. The van der Waals surface area contributed by atoms with Gasteiger partial charge in [-0.2, -0.15) is 5.10 Å². The van der Waals surface area contributed by atoms with E-state index in [0.717, 1.165) is 23.4 Å². The van der Waals surface area contributed by atoms with Gasteiger partial charge in [-0.15, -0.1) is 13.2 Å². The van der Waals surface area contributed by atoms with E-state index in [1.165, 1.54) is 18.3 Å². The van der Waals surface area contributed by atoms with Gasteiger partial charge in [0.1, 0.15) is 5.75 Å². The summed E-state index contributed by atoms with van der Waals surface area (Å²) in [5, 5.41) is 7.53. The highest BCUT2D eigenvalue weighted by molar-refractivity contribution is 6.30. The molecule has 1 N–H and O–H groups in total. The fraction of sp³-hybridized carbons (Fsp3) is 0.0455. The third-order valence-corrected chi connectivity index (χ3v) is 4.59. The maximum Gasteiger partial charge on any atom is 0.573 e. The molecule has 0 fully saturated rings. The lowest BCUT2D eigenvalue weighted by atomic mass is 10.2. The van der Waals surface area contributed by atoms with Gasteiger partial charge in [0.25, 0.3) is 5.91 Å². The van der Waals surface area contributed by atoms with Gasteiger partial charge in [0.2, 0.25) is 0 Å². The number of halogens is 4. The molecular formula is C22H14ClF3N4O2. The van der Waals surface area contributed by atoms with Gasteiger partial charge >= 0.3 is 6.36 Å². The number of carbonyl (C=O) groups is 1. The first kappa shape index (κ1) is 21.4. The minimum atomic E-state index is -4.77. The van der Waals surface area contributed by atoms with Crippen molar-refractivity contribution in [3.8, 4) is 22.7 Å². The molecule has 32 heavy (non-hydrogen) atoms. The molecule has 0 aliphatic heterocycles. The van der Waals surface area contributed by atoms with Crippen molar-refractivity contribution < 1.29 is 22.7 Å². The third kappa shape index (κ3) is 5.25. The van der Waals surface area contributed by atoms with E-state index in [2.05, 4.69) is 20.1 Å². The molecule has 0 aliphatic carbocycles. The van der Waals surface area contributed by atoms with Crippen LogP contribution in [0.25, 0.3) is 16.9 Å². The van der Waals surface area contributed by atoms with Gasteiger partial charge in [-0.3, -0.25) is 9.78 Å². The molecule has 10 heteroatoms. The summed E-state index contributed by atoms with van der Waals surface area (Å²) in [6.45, 7) is 0. The number of benzene rings is 2. The van der Waals surface area contributed by atoms with E-state index < -0.39 is 12.3 Å². The average Bonchev–Trinajstić information content (AvgIpc) is 3.25. The SMILES string of the molecule is O=C(Nc1ccc(OC(F)(F)F)cc1)c1ccc(-c2cnn(-c3ccc(Cl)cc3)c2)nc1. The van der Waals surface area contributed by atoms with Gasteiger partial charge in [-0.25, -0.2) is 4.68 Å². The Bertz CT molecular complexity index is 1220. The Balaban J connectivity index is 1.42. The second-order valence-electron chi connectivity index (χ2n) is 6.61. The maximum absolute atomic E-state index is 12.4. The van der Waals surface area contributed by atoms with Gasteiger partial charge in [0.05, 0.1) is 23.1 Å². The molecule has 0 bridgehead atoms. The van der Waals surface area contributed by atoms with Gasteiger partial charge in [0.15, 0.2) is 0 Å². The number of amides is 1. The lowest BCUT2D eigenvalue weighted by molar-refractivity contribution is -0.274. The highest BCUT2D eigenvalue weighted by Gasteiger charge is 2.30. The van der Waals surface area contributed by atoms with E-state index in [4.69, 9.17) is 11.6 Å². The Morgan fingerprint density at radius 3 is 2.31 bits per heavy atom. The highest BCUT2D eigenvalue weighted by Crippen LogP contribution is 2.24. The second kappa shape index (κ2) is 8.72. The van der Waals surface area contributed by atoms with Crippen molar-refractivity contribution in [2.45, 2.75) is 6.36 Å². The number of pyridine rings is 1. The number of hydrogen-bond acceptors (Lipinski definition) is 4. The van der Waals surface area contributed by atoms with Crippen molar-refractivity contribution in [3.05, 3.63) is 89.8 Å². The molecule has 162 valence electrons. The van der Waals surface area contributed by atoms with E-state index in [0.29, 0.717) is 16.4 Å². The molecule has 2 aromatic heterocycles. The number of nitrogens with zero attached hydrogens (tertiary/aromatic N) is 3. The van der Waals surface area contributed by atoms with Crippen molar-refractivity contribution in [3.63, 3.8) is 0 Å². The molecule has 0 aliphatic rings. The average molecular weight is 459 g/mol. The number of ether oxygens (including phenoxy) is 1. The summed E-state index contributed by atoms with van der Waals surface area (Å²) < 4.78 is 42.1. The van der Waals surface area contributed by atoms with Crippen LogP contribution in [-0.2, 0) is 0 Å². The van der Waals surface area contributed by atoms with Gasteiger partial charge < -0.3 is 10.1 Å². The van der Waals surface area contributed by atoms with Crippen LogP contribution >= 0.6 is 11.6 Å². The van der Waals surface area contributed by atoms with Crippen LogP contribution in [0.1, 0.15) is 10.4 Å². The molecule has 0 spiro atoms. The van der Waals surface area contributed by atoms with Crippen LogP contribution in [0, 0.1) is 0 Å². The van der Waals surface area contributed by atoms with Crippen LogP contribution in [-0.4, -0.2) is 27.0 Å². The first-order valence-corrected chi connectivity index (χ1v) is 9.59. The van der Waals surface area contributed by atoms with Gasteiger partial charge in [-0.1, -0.05) is 11.6 Å². The number of carbonyl (C=O) groups excluding carboxylic acids is 1. The molecule has 0 unspecified atom stereocenters. The Morgan fingerprint density at radius 1 is 0.969 bits per heavy atom.